The molecule has 1 aliphatic heterocycles. The Morgan fingerprint density at radius 1 is 0.952 bits per heavy atom. The van der Waals surface area contributed by atoms with Gasteiger partial charge < -0.3 is 10.6 Å². The first-order valence-corrected chi connectivity index (χ1v) is 15.5. The fourth-order valence-corrected chi connectivity index (χ4v) is 6.57. The molecular weight excluding hydrogens is 609 g/mol. The van der Waals surface area contributed by atoms with Gasteiger partial charge in [-0.2, -0.15) is 0 Å². The van der Waals surface area contributed by atoms with E-state index in [9.17, 15) is 26.8 Å². The van der Waals surface area contributed by atoms with E-state index in [2.05, 4.69) is 4.72 Å². The Morgan fingerprint density at radius 3 is 1.86 bits per heavy atom. The zero-order valence-corrected chi connectivity index (χ0v) is 25.1. The number of hydrogen-bond acceptors (Lipinski definition) is 5. The number of amides is 2. The third kappa shape index (κ3) is 7.64. The fraction of sp³-hybridized carbons (Fsp3) is 0.310. The van der Waals surface area contributed by atoms with Gasteiger partial charge in [-0.3, -0.25) is 14.5 Å². The van der Waals surface area contributed by atoms with Gasteiger partial charge in [0.2, 0.25) is 21.8 Å². The predicted octanol–water partition coefficient (Wildman–Crippen LogP) is 4.51. The van der Waals surface area contributed by atoms with Crippen LogP contribution in [0.25, 0.3) is 0 Å². The van der Waals surface area contributed by atoms with Crippen LogP contribution in [-0.2, 0) is 19.6 Å². The van der Waals surface area contributed by atoms with E-state index in [1.807, 2.05) is 29.2 Å². The molecule has 1 unspecified atom stereocenters. The highest BCUT2D eigenvalue weighted by Gasteiger charge is 2.41. The maximum Gasteiger partial charge on any atom is 0.243 e. The number of sulfonamides is 1. The van der Waals surface area contributed by atoms with Crippen molar-refractivity contribution >= 4 is 50.7 Å². The molecule has 224 valence electrons. The number of rotatable bonds is 11. The molecule has 1 heterocycles. The van der Waals surface area contributed by atoms with Crippen LogP contribution in [0.4, 0.5) is 14.5 Å². The van der Waals surface area contributed by atoms with Crippen molar-refractivity contribution in [1.82, 2.24) is 9.62 Å². The largest absolute Gasteiger partial charge is 0.368 e. The molecule has 0 radical (unpaired) electrons. The average molecular weight is 640 g/mol. The molecule has 3 aromatic rings. The van der Waals surface area contributed by atoms with E-state index >= 15 is 0 Å². The third-order valence-corrected chi connectivity index (χ3v) is 8.72. The number of nitrogens with one attached hydrogen (secondary N) is 1. The molecule has 1 aliphatic rings. The molecule has 8 nitrogen and oxygen atoms in total. The topological polar surface area (TPSA) is 113 Å². The molecule has 42 heavy (non-hydrogen) atoms. The second-order valence-corrected chi connectivity index (χ2v) is 13.1. The van der Waals surface area contributed by atoms with Gasteiger partial charge in [0.25, 0.3) is 0 Å². The molecule has 0 aliphatic carbocycles. The minimum Gasteiger partial charge on any atom is -0.368 e. The molecule has 13 heteroatoms. The van der Waals surface area contributed by atoms with Gasteiger partial charge in [0, 0.05) is 34.9 Å². The van der Waals surface area contributed by atoms with E-state index < -0.39 is 57.2 Å². The van der Waals surface area contributed by atoms with Crippen LogP contribution in [0.2, 0.25) is 10.0 Å². The van der Waals surface area contributed by atoms with Crippen LogP contribution in [0.1, 0.15) is 31.0 Å². The zero-order valence-electron chi connectivity index (χ0n) is 22.8. The van der Waals surface area contributed by atoms with Crippen LogP contribution in [0.3, 0.4) is 0 Å². The first-order chi connectivity index (χ1) is 19.7. The average Bonchev–Trinajstić information content (AvgIpc) is 2.86. The van der Waals surface area contributed by atoms with Crippen molar-refractivity contribution in [3.8, 4) is 0 Å². The Bertz CT molecular complexity index is 1490. The van der Waals surface area contributed by atoms with Gasteiger partial charge in [-0.05, 0) is 53.4 Å². The lowest BCUT2D eigenvalue weighted by Crippen LogP contribution is -2.63. The summed E-state index contributed by atoms with van der Waals surface area (Å²) in [6, 6.07) is 15.0. The van der Waals surface area contributed by atoms with E-state index in [-0.39, 0.29) is 24.8 Å². The summed E-state index contributed by atoms with van der Waals surface area (Å²) in [5.41, 5.74) is 7.03. The van der Waals surface area contributed by atoms with E-state index in [1.54, 1.807) is 38.1 Å². The van der Waals surface area contributed by atoms with Gasteiger partial charge >= 0.3 is 0 Å². The monoisotopic (exact) mass is 638 g/mol. The number of anilines is 1. The van der Waals surface area contributed by atoms with Gasteiger partial charge in [0.15, 0.2) is 0 Å². The molecule has 1 fully saturated rings. The van der Waals surface area contributed by atoms with Crippen LogP contribution in [0.5, 0.6) is 0 Å². The number of nitrogens with zero attached hydrogens (tertiary/aromatic N) is 2. The van der Waals surface area contributed by atoms with Crippen molar-refractivity contribution in [1.29, 1.82) is 0 Å². The highest BCUT2D eigenvalue weighted by Crippen LogP contribution is 2.36. The minimum atomic E-state index is -4.35. The molecule has 0 aromatic heterocycles. The second-order valence-electron chi connectivity index (χ2n) is 10.5. The van der Waals surface area contributed by atoms with Gasteiger partial charge in [-0.15, -0.1) is 0 Å². The Hall–Kier alpha value is -3.09. The summed E-state index contributed by atoms with van der Waals surface area (Å²) in [5, 5.41) is 1.12. The summed E-state index contributed by atoms with van der Waals surface area (Å²) >= 11 is 12.2. The lowest BCUT2D eigenvalue weighted by atomic mass is 9.92. The fourth-order valence-electron chi connectivity index (χ4n) is 4.99. The molecule has 4 rings (SSSR count). The summed E-state index contributed by atoms with van der Waals surface area (Å²) in [6.45, 7) is 3.71. The Balaban J connectivity index is 1.63. The summed E-state index contributed by atoms with van der Waals surface area (Å²) in [6.07, 6.45) is 0. The van der Waals surface area contributed by atoms with Gasteiger partial charge in [-0.1, -0.05) is 61.3 Å². The highest BCUT2D eigenvalue weighted by atomic mass is 35.5. The second kappa shape index (κ2) is 13.0. The number of benzene rings is 3. The van der Waals surface area contributed by atoms with Crippen molar-refractivity contribution in [2.24, 2.45) is 11.7 Å². The Labute approximate surface area is 253 Å². The van der Waals surface area contributed by atoms with Gasteiger partial charge in [-0.25, -0.2) is 21.9 Å². The molecule has 3 aromatic carbocycles. The standard InChI is InChI=1S/C29H30Cl2F2N4O4S/c1-17(2)27(29(34)39)35-42(40,41)16-26(38)37(24-12-22(32)11-23(33)13-24)25-14-36(15-25)28(18-3-7-20(30)8-4-18)19-5-9-21(31)10-6-19/h3-13,17,25,27-28,35H,14-16H2,1-2H3,(H2,34,39). The zero-order chi connectivity index (χ0) is 30.8. The van der Waals surface area contributed by atoms with Crippen molar-refractivity contribution in [2.45, 2.75) is 32.0 Å². The smallest absolute Gasteiger partial charge is 0.243 e. The maximum atomic E-state index is 14.2. The predicted molar refractivity (Wildman–Crippen MR) is 159 cm³/mol. The SMILES string of the molecule is CC(C)C(NS(=O)(=O)CC(=O)N(c1cc(F)cc(F)c1)C1CN(C(c2ccc(Cl)cc2)c2ccc(Cl)cc2)C1)C(N)=O. The van der Waals surface area contributed by atoms with Crippen molar-refractivity contribution in [2.75, 3.05) is 23.7 Å². The Kier molecular flexibility index (Phi) is 9.89. The maximum absolute atomic E-state index is 14.2. The van der Waals surface area contributed by atoms with E-state index in [1.165, 1.54) is 0 Å². The third-order valence-electron chi connectivity index (χ3n) is 6.98. The lowest BCUT2D eigenvalue weighted by molar-refractivity contribution is -0.120. The van der Waals surface area contributed by atoms with E-state index in [4.69, 9.17) is 28.9 Å². The number of primary amides is 1. The molecule has 1 atom stereocenters. The summed E-state index contributed by atoms with van der Waals surface area (Å²) in [5.74, 6) is -5.19. The number of carbonyl (C=O) groups is 2. The molecule has 0 bridgehead atoms. The van der Waals surface area contributed by atoms with Crippen molar-refractivity contribution in [3.05, 3.63) is 99.5 Å². The molecule has 2 amide bonds. The number of likely N-dealkylation sites (tertiary alicyclic amines) is 1. The normalized spacial score (nSPS) is 15.0. The molecule has 0 saturated carbocycles. The van der Waals surface area contributed by atoms with Gasteiger partial charge in [0.05, 0.1) is 12.1 Å². The molecule has 0 spiro atoms. The number of halogens is 4. The molecule has 3 N–H and O–H groups in total. The quantitative estimate of drug-likeness (QED) is 0.321. The van der Waals surface area contributed by atoms with Crippen molar-refractivity contribution < 1.29 is 26.8 Å². The number of nitrogens with two attached hydrogens (primary N) is 1. The summed E-state index contributed by atoms with van der Waals surface area (Å²) in [4.78, 5) is 28.4. The van der Waals surface area contributed by atoms with E-state index in [0.29, 0.717) is 16.1 Å². The highest BCUT2D eigenvalue weighted by molar-refractivity contribution is 7.90. The Morgan fingerprint density at radius 2 is 1.43 bits per heavy atom. The van der Waals surface area contributed by atoms with Crippen LogP contribution >= 0.6 is 23.2 Å². The first-order valence-electron chi connectivity index (χ1n) is 13.1. The molecular formula is C29H30Cl2F2N4O4S. The van der Waals surface area contributed by atoms with Crippen LogP contribution in [-0.4, -0.2) is 56.1 Å². The van der Waals surface area contributed by atoms with Crippen molar-refractivity contribution in [3.63, 3.8) is 0 Å². The number of hydrogen-bond donors (Lipinski definition) is 2. The summed E-state index contributed by atoms with van der Waals surface area (Å²) < 4.78 is 56.5. The first kappa shape index (κ1) is 31.8. The van der Waals surface area contributed by atoms with Crippen LogP contribution in [0.15, 0.2) is 66.7 Å². The number of carbonyl (C=O) groups excluding carboxylic acids is 2. The summed E-state index contributed by atoms with van der Waals surface area (Å²) in [7, 11) is -4.35. The lowest BCUT2D eigenvalue weighted by Gasteiger charge is -2.49. The van der Waals surface area contributed by atoms with Crippen LogP contribution < -0.4 is 15.4 Å². The minimum absolute atomic E-state index is 0.123. The van der Waals surface area contributed by atoms with Gasteiger partial charge in [0.1, 0.15) is 23.4 Å². The molecule has 1 saturated heterocycles. The van der Waals surface area contributed by atoms with Crippen LogP contribution in [0, 0.1) is 17.6 Å². The van der Waals surface area contributed by atoms with E-state index in [0.717, 1.165) is 28.2 Å².